The summed E-state index contributed by atoms with van der Waals surface area (Å²) in [5.74, 6) is -0.503. The molecule has 1 aromatic rings. The molecule has 0 aliphatic carbocycles. The van der Waals surface area contributed by atoms with Gasteiger partial charge in [0, 0.05) is 5.56 Å². The third-order valence-corrected chi connectivity index (χ3v) is 1.88. The average molecular weight is 224 g/mol. The van der Waals surface area contributed by atoms with Crippen LogP contribution in [0.3, 0.4) is 0 Å². The molecular weight excluding hydrogens is 208 g/mol. The Hall–Kier alpha value is -1.55. The zero-order valence-corrected chi connectivity index (χ0v) is 9.65. The van der Waals surface area contributed by atoms with Gasteiger partial charge in [0.05, 0.1) is 12.2 Å². The number of esters is 1. The molecule has 2 N–H and O–H groups in total. The van der Waals surface area contributed by atoms with E-state index in [-0.39, 0.29) is 12.4 Å². The summed E-state index contributed by atoms with van der Waals surface area (Å²) in [7, 11) is 0. The van der Waals surface area contributed by atoms with Gasteiger partial charge in [0.2, 0.25) is 0 Å². The minimum absolute atomic E-state index is 0.0326. The number of aliphatic hydroxyl groups is 1. The van der Waals surface area contributed by atoms with E-state index in [1.54, 1.807) is 20.8 Å². The summed E-state index contributed by atoms with van der Waals surface area (Å²) in [4.78, 5) is 11.7. The van der Waals surface area contributed by atoms with Crippen LogP contribution in [0.5, 0.6) is 5.75 Å². The molecule has 0 saturated heterocycles. The van der Waals surface area contributed by atoms with Crippen LogP contribution in [0.1, 0.15) is 36.7 Å². The van der Waals surface area contributed by atoms with E-state index in [0.717, 1.165) is 0 Å². The van der Waals surface area contributed by atoms with Gasteiger partial charge in [0.1, 0.15) is 11.4 Å². The molecule has 1 aromatic carbocycles. The summed E-state index contributed by atoms with van der Waals surface area (Å²) in [6, 6.07) is 4.25. The molecule has 0 radical (unpaired) electrons. The fourth-order valence-corrected chi connectivity index (χ4v) is 1.18. The predicted octanol–water partition coefficient (Wildman–Crippen LogP) is 1.84. The molecule has 4 heteroatoms. The molecule has 0 unspecified atom stereocenters. The zero-order valence-electron chi connectivity index (χ0n) is 9.65. The number of phenols is 1. The van der Waals surface area contributed by atoms with Crippen molar-refractivity contribution in [3.05, 3.63) is 29.3 Å². The maximum Gasteiger partial charge on any atom is 0.338 e. The maximum absolute atomic E-state index is 11.7. The number of hydrogen-bond donors (Lipinski definition) is 2. The first-order valence-corrected chi connectivity index (χ1v) is 4.99. The van der Waals surface area contributed by atoms with E-state index in [9.17, 15) is 9.90 Å². The Labute approximate surface area is 94.5 Å². The van der Waals surface area contributed by atoms with Gasteiger partial charge in [0.25, 0.3) is 0 Å². The monoisotopic (exact) mass is 224 g/mol. The summed E-state index contributed by atoms with van der Waals surface area (Å²) in [6.45, 7) is 5.01. The maximum atomic E-state index is 11.7. The number of aliphatic hydroxyl groups excluding tert-OH is 1. The van der Waals surface area contributed by atoms with Gasteiger partial charge in [-0.15, -0.1) is 0 Å². The lowest BCUT2D eigenvalue weighted by Crippen LogP contribution is -2.23. The first kappa shape index (κ1) is 12.5. The second-order valence-electron chi connectivity index (χ2n) is 4.50. The van der Waals surface area contributed by atoms with Crippen LogP contribution >= 0.6 is 0 Å². The largest absolute Gasteiger partial charge is 0.508 e. The second-order valence-corrected chi connectivity index (χ2v) is 4.50. The Morgan fingerprint density at radius 2 is 2.00 bits per heavy atom. The topological polar surface area (TPSA) is 66.8 Å². The second kappa shape index (κ2) is 4.53. The zero-order chi connectivity index (χ0) is 12.3. The number of ether oxygens (including phenoxy) is 1. The van der Waals surface area contributed by atoms with Crippen LogP contribution in [0, 0.1) is 0 Å². The van der Waals surface area contributed by atoms with Crippen LogP contribution in [0.4, 0.5) is 0 Å². The normalized spacial score (nSPS) is 11.2. The van der Waals surface area contributed by atoms with E-state index >= 15 is 0 Å². The van der Waals surface area contributed by atoms with E-state index in [0.29, 0.717) is 11.1 Å². The summed E-state index contributed by atoms with van der Waals surface area (Å²) >= 11 is 0. The minimum atomic E-state index is -0.561. The molecule has 0 aromatic heterocycles. The van der Waals surface area contributed by atoms with Gasteiger partial charge in [-0.25, -0.2) is 4.79 Å². The number of aromatic hydroxyl groups is 1. The van der Waals surface area contributed by atoms with Crippen molar-refractivity contribution in [2.75, 3.05) is 0 Å². The number of carbonyl (C=O) groups is 1. The number of hydrogen-bond acceptors (Lipinski definition) is 4. The fourth-order valence-electron chi connectivity index (χ4n) is 1.18. The van der Waals surface area contributed by atoms with Gasteiger partial charge in [-0.3, -0.25) is 0 Å². The molecule has 16 heavy (non-hydrogen) atoms. The highest BCUT2D eigenvalue weighted by molar-refractivity contribution is 5.90. The fraction of sp³-hybridized carbons (Fsp3) is 0.417. The highest BCUT2D eigenvalue weighted by Crippen LogP contribution is 2.20. The van der Waals surface area contributed by atoms with Gasteiger partial charge in [-0.1, -0.05) is 0 Å². The van der Waals surface area contributed by atoms with Crippen LogP contribution < -0.4 is 0 Å². The van der Waals surface area contributed by atoms with Crippen molar-refractivity contribution in [3.8, 4) is 5.75 Å². The Morgan fingerprint density at radius 3 is 2.50 bits per heavy atom. The lowest BCUT2D eigenvalue weighted by atomic mass is 10.1. The lowest BCUT2D eigenvalue weighted by Gasteiger charge is -2.19. The summed E-state index contributed by atoms with van der Waals surface area (Å²) < 4.78 is 5.16. The molecule has 0 heterocycles. The van der Waals surface area contributed by atoms with Crippen LogP contribution in [0.25, 0.3) is 0 Å². The Morgan fingerprint density at radius 1 is 1.38 bits per heavy atom. The van der Waals surface area contributed by atoms with Crippen molar-refractivity contribution < 1.29 is 19.7 Å². The standard InChI is InChI=1S/C12H16O4/c1-12(2,3)16-11(15)8-4-5-10(14)9(6-8)7-13/h4-6,13-14H,7H2,1-3H3. The van der Waals surface area contributed by atoms with Crippen molar-refractivity contribution in [1.82, 2.24) is 0 Å². The molecule has 1 rings (SSSR count). The number of rotatable bonds is 2. The highest BCUT2D eigenvalue weighted by Gasteiger charge is 2.18. The Bertz CT molecular complexity index is 390. The number of carbonyl (C=O) groups excluding carboxylic acids is 1. The van der Waals surface area contributed by atoms with E-state index in [1.807, 2.05) is 0 Å². The molecule has 0 bridgehead atoms. The quantitative estimate of drug-likeness (QED) is 0.752. The van der Waals surface area contributed by atoms with Crippen molar-refractivity contribution in [2.24, 2.45) is 0 Å². The summed E-state index contributed by atoms with van der Waals surface area (Å²) in [5, 5.41) is 18.3. The smallest absolute Gasteiger partial charge is 0.338 e. The summed E-state index contributed by atoms with van der Waals surface area (Å²) in [5.41, 5.74) is 0.0640. The van der Waals surface area contributed by atoms with E-state index in [1.165, 1.54) is 18.2 Å². The summed E-state index contributed by atoms with van der Waals surface area (Å²) in [6.07, 6.45) is 0. The lowest BCUT2D eigenvalue weighted by molar-refractivity contribution is 0.00694. The molecular formula is C12H16O4. The van der Waals surface area contributed by atoms with Gasteiger partial charge in [-0.2, -0.15) is 0 Å². The molecule has 0 aliphatic rings. The average Bonchev–Trinajstić information content (AvgIpc) is 2.15. The van der Waals surface area contributed by atoms with Crippen molar-refractivity contribution in [3.63, 3.8) is 0 Å². The molecule has 88 valence electrons. The molecule has 0 aliphatic heterocycles. The van der Waals surface area contributed by atoms with Gasteiger partial charge >= 0.3 is 5.97 Å². The van der Waals surface area contributed by atoms with Crippen molar-refractivity contribution >= 4 is 5.97 Å². The SMILES string of the molecule is CC(C)(C)OC(=O)c1ccc(O)c(CO)c1. The van der Waals surface area contributed by atoms with Gasteiger partial charge in [0.15, 0.2) is 0 Å². The predicted molar refractivity (Wildman–Crippen MR) is 59.2 cm³/mol. The van der Waals surface area contributed by atoms with Crippen LogP contribution in [-0.2, 0) is 11.3 Å². The molecule has 0 saturated carbocycles. The van der Waals surface area contributed by atoms with E-state index < -0.39 is 11.6 Å². The Kier molecular flexibility index (Phi) is 3.55. The van der Waals surface area contributed by atoms with Crippen molar-refractivity contribution in [1.29, 1.82) is 0 Å². The third-order valence-electron chi connectivity index (χ3n) is 1.88. The Balaban J connectivity index is 2.93. The highest BCUT2D eigenvalue weighted by atomic mass is 16.6. The molecule has 0 atom stereocenters. The minimum Gasteiger partial charge on any atom is -0.508 e. The first-order valence-electron chi connectivity index (χ1n) is 4.99. The third kappa shape index (κ3) is 3.24. The van der Waals surface area contributed by atoms with E-state index in [4.69, 9.17) is 9.84 Å². The van der Waals surface area contributed by atoms with E-state index in [2.05, 4.69) is 0 Å². The van der Waals surface area contributed by atoms with Crippen LogP contribution in [0.2, 0.25) is 0 Å². The molecule has 0 spiro atoms. The molecule has 0 amide bonds. The van der Waals surface area contributed by atoms with Gasteiger partial charge < -0.3 is 14.9 Å². The molecule has 4 nitrogen and oxygen atoms in total. The number of benzene rings is 1. The van der Waals surface area contributed by atoms with Crippen LogP contribution in [0.15, 0.2) is 18.2 Å². The van der Waals surface area contributed by atoms with Gasteiger partial charge in [-0.05, 0) is 39.0 Å². The first-order chi connectivity index (χ1) is 7.33. The molecule has 0 fully saturated rings. The van der Waals surface area contributed by atoms with Crippen molar-refractivity contribution in [2.45, 2.75) is 33.0 Å². The van der Waals surface area contributed by atoms with Crippen LogP contribution in [-0.4, -0.2) is 21.8 Å².